The largest absolute Gasteiger partial charge is 0.349 e. The molecular weight excluding hydrogens is 286 g/mol. The Labute approximate surface area is 106 Å². The lowest BCUT2D eigenvalue weighted by molar-refractivity contribution is -0.119. The molecule has 1 aromatic carbocycles. The molecule has 0 aliphatic heterocycles. The average Bonchev–Trinajstić information content (AvgIpc) is 2.67. The molecule has 0 bridgehead atoms. The lowest BCUT2D eigenvalue weighted by Gasteiger charge is -2.13. The first-order chi connectivity index (χ1) is 8.10. The zero-order chi connectivity index (χ0) is 12.4. The monoisotopic (exact) mass is 297 g/mol. The van der Waals surface area contributed by atoms with Gasteiger partial charge in [-0.15, -0.1) is 0 Å². The van der Waals surface area contributed by atoms with Crippen LogP contribution in [0.1, 0.15) is 18.5 Å². The summed E-state index contributed by atoms with van der Waals surface area (Å²) in [7, 11) is 0. The fraction of sp³-hybridized carbons (Fsp3) is 0.273. The molecule has 0 aliphatic carbocycles. The lowest BCUT2D eigenvalue weighted by atomic mass is 10.1. The van der Waals surface area contributed by atoms with Gasteiger partial charge in [0.25, 0.3) is 0 Å². The van der Waals surface area contributed by atoms with E-state index in [1.165, 1.54) is 0 Å². The van der Waals surface area contributed by atoms with Crippen molar-refractivity contribution in [2.24, 2.45) is 0 Å². The first-order valence-electron chi connectivity index (χ1n) is 5.17. The van der Waals surface area contributed by atoms with E-state index in [0.717, 1.165) is 16.6 Å². The van der Waals surface area contributed by atoms with Crippen molar-refractivity contribution < 1.29 is 4.79 Å². The number of aromatic nitrogens is 2. The molecule has 0 saturated carbocycles. The van der Waals surface area contributed by atoms with E-state index in [1.807, 2.05) is 25.1 Å². The fourth-order valence-electron chi connectivity index (χ4n) is 1.68. The highest BCUT2D eigenvalue weighted by molar-refractivity contribution is 9.09. The molecule has 0 radical (unpaired) electrons. The first-order valence-corrected chi connectivity index (χ1v) is 6.29. The Balaban J connectivity index is 2.29. The third kappa shape index (κ3) is 2.58. The number of halogens is 1. The molecule has 0 aliphatic rings. The summed E-state index contributed by atoms with van der Waals surface area (Å²) in [6.07, 6.45) is 0. The molecule has 0 fully saturated rings. The summed E-state index contributed by atoms with van der Waals surface area (Å²) < 4.78 is 0. The quantitative estimate of drug-likeness (QED) is 0.750. The second-order valence-electron chi connectivity index (χ2n) is 3.81. The molecule has 5 nitrogen and oxygen atoms in total. The van der Waals surface area contributed by atoms with Crippen molar-refractivity contribution in [2.75, 3.05) is 5.33 Å². The zero-order valence-corrected chi connectivity index (χ0v) is 10.8. The van der Waals surface area contributed by atoms with E-state index in [2.05, 4.69) is 31.2 Å². The van der Waals surface area contributed by atoms with Gasteiger partial charge >= 0.3 is 5.69 Å². The van der Waals surface area contributed by atoms with Crippen LogP contribution < -0.4 is 11.0 Å². The third-order valence-electron chi connectivity index (χ3n) is 2.54. The molecule has 1 amide bonds. The number of fused-ring (bicyclic) bond motifs is 1. The number of rotatable bonds is 3. The van der Waals surface area contributed by atoms with E-state index in [9.17, 15) is 9.59 Å². The van der Waals surface area contributed by atoms with Crippen LogP contribution in [0.2, 0.25) is 0 Å². The van der Waals surface area contributed by atoms with Gasteiger partial charge in [0.05, 0.1) is 22.4 Å². The second kappa shape index (κ2) is 4.75. The van der Waals surface area contributed by atoms with Crippen LogP contribution in [-0.2, 0) is 4.79 Å². The van der Waals surface area contributed by atoms with Crippen LogP contribution in [-0.4, -0.2) is 21.2 Å². The van der Waals surface area contributed by atoms with Gasteiger partial charge in [-0.25, -0.2) is 4.79 Å². The third-order valence-corrected chi connectivity index (χ3v) is 3.05. The Morgan fingerprint density at radius 3 is 2.82 bits per heavy atom. The highest BCUT2D eigenvalue weighted by atomic mass is 79.9. The minimum Gasteiger partial charge on any atom is -0.349 e. The number of hydrogen-bond donors (Lipinski definition) is 3. The molecule has 3 N–H and O–H groups in total. The molecule has 1 unspecified atom stereocenters. The van der Waals surface area contributed by atoms with Crippen LogP contribution in [0.3, 0.4) is 0 Å². The van der Waals surface area contributed by atoms with Gasteiger partial charge in [0.1, 0.15) is 0 Å². The van der Waals surface area contributed by atoms with Gasteiger partial charge < -0.3 is 15.3 Å². The second-order valence-corrected chi connectivity index (χ2v) is 4.37. The zero-order valence-electron chi connectivity index (χ0n) is 9.21. The van der Waals surface area contributed by atoms with Crippen molar-refractivity contribution in [2.45, 2.75) is 13.0 Å². The summed E-state index contributed by atoms with van der Waals surface area (Å²) in [4.78, 5) is 27.7. The van der Waals surface area contributed by atoms with Crippen LogP contribution in [0.5, 0.6) is 0 Å². The fourth-order valence-corrected chi connectivity index (χ4v) is 1.84. The number of amides is 1. The molecular formula is C11H12BrN3O2. The average molecular weight is 298 g/mol. The Hall–Kier alpha value is -1.56. The molecule has 0 spiro atoms. The molecule has 2 aromatic rings. The van der Waals surface area contributed by atoms with Gasteiger partial charge in [-0.2, -0.15) is 0 Å². The summed E-state index contributed by atoms with van der Waals surface area (Å²) in [5, 5.41) is 3.11. The van der Waals surface area contributed by atoms with Gasteiger partial charge in [0.2, 0.25) is 5.91 Å². The summed E-state index contributed by atoms with van der Waals surface area (Å²) in [5.74, 6) is -0.0693. The highest BCUT2D eigenvalue weighted by Crippen LogP contribution is 2.16. The minimum atomic E-state index is -0.228. The van der Waals surface area contributed by atoms with Crippen LogP contribution in [0.25, 0.3) is 11.0 Å². The normalized spacial score (nSPS) is 12.6. The van der Waals surface area contributed by atoms with Crippen molar-refractivity contribution in [3.8, 4) is 0 Å². The maximum atomic E-state index is 11.2. The van der Waals surface area contributed by atoms with Crippen molar-refractivity contribution in [1.29, 1.82) is 0 Å². The maximum Gasteiger partial charge on any atom is 0.323 e. The molecule has 1 aromatic heterocycles. The Kier molecular flexibility index (Phi) is 3.33. The topological polar surface area (TPSA) is 77.8 Å². The van der Waals surface area contributed by atoms with E-state index < -0.39 is 0 Å². The minimum absolute atomic E-state index is 0.0693. The standard InChI is InChI=1S/C11H12BrN3O2/c1-6(13-10(16)5-12)7-2-3-8-9(4-7)15-11(17)14-8/h2-4,6H,5H2,1H3,(H,13,16)(H2,14,15,17). The molecule has 17 heavy (non-hydrogen) atoms. The van der Waals surface area contributed by atoms with E-state index in [-0.39, 0.29) is 23.0 Å². The molecule has 90 valence electrons. The van der Waals surface area contributed by atoms with Gasteiger partial charge in [0.15, 0.2) is 0 Å². The SMILES string of the molecule is CC(NC(=O)CBr)c1ccc2[nH]c(=O)[nH]c2c1. The number of alkyl halides is 1. The Morgan fingerprint density at radius 1 is 1.41 bits per heavy atom. The number of imidazole rings is 1. The molecule has 1 atom stereocenters. The number of carbonyl (C=O) groups is 1. The Morgan fingerprint density at radius 2 is 2.12 bits per heavy atom. The number of aromatic amines is 2. The number of carbonyl (C=O) groups excluding carboxylic acids is 1. The summed E-state index contributed by atoms with van der Waals surface area (Å²) >= 11 is 3.09. The predicted octanol–water partition coefficient (Wildman–Crippen LogP) is 1.43. The van der Waals surface area contributed by atoms with Crippen LogP contribution in [0.4, 0.5) is 0 Å². The van der Waals surface area contributed by atoms with Gasteiger partial charge in [-0.05, 0) is 24.6 Å². The predicted molar refractivity (Wildman–Crippen MR) is 69.3 cm³/mol. The molecule has 1 heterocycles. The number of nitrogens with one attached hydrogen (secondary N) is 3. The number of benzene rings is 1. The number of H-pyrrole nitrogens is 2. The van der Waals surface area contributed by atoms with Crippen LogP contribution >= 0.6 is 15.9 Å². The van der Waals surface area contributed by atoms with E-state index in [1.54, 1.807) is 0 Å². The van der Waals surface area contributed by atoms with Crippen molar-refractivity contribution in [3.63, 3.8) is 0 Å². The maximum absolute atomic E-state index is 11.2. The smallest absolute Gasteiger partial charge is 0.323 e. The van der Waals surface area contributed by atoms with Crippen molar-refractivity contribution in [1.82, 2.24) is 15.3 Å². The highest BCUT2D eigenvalue weighted by Gasteiger charge is 2.09. The van der Waals surface area contributed by atoms with E-state index >= 15 is 0 Å². The van der Waals surface area contributed by atoms with Gasteiger partial charge in [-0.3, -0.25) is 4.79 Å². The van der Waals surface area contributed by atoms with Gasteiger partial charge in [0, 0.05) is 0 Å². The van der Waals surface area contributed by atoms with E-state index in [4.69, 9.17) is 0 Å². The van der Waals surface area contributed by atoms with Crippen molar-refractivity contribution >= 4 is 32.9 Å². The summed E-state index contributed by atoms with van der Waals surface area (Å²) in [6, 6.07) is 5.46. The number of hydrogen-bond acceptors (Lipinski definition) is 2. The van der Waals surface area contributed by atoms with Crippen LogP contribution in [0.15, 0.2) is 23.0 Å². The lowest BCUT2D eigenvalue weighted by Crippen LogP contribution is -2.27. The molecule has 2 rings (SSSR count). The molecule has 6 heteroatoms. The Bertz CT molecular complexity index is 602. The summed E-state index contributed by atoms with van der Waals surface area (Å²) in [6.45, 7) is 1.90. The summed E-state index contributed by atoms with van der Waals surface area (Å²) in [5.41, 5.74) is 2.22. The first kappa shape index (κ1) is 11.9. The molecule has 0 saturated heterocycles. The van der Waals surface area contributed by atoms with Crippen LogP contribution in [0, 0.1) is 0 Å². The van der Waals surface area contributed by atoms with Gasteiger partial charge in [-0.1, -0.05) is 22.0 Å². The van der Waals surface area contributed by atoms with Crippen molar-refractivity contribution in [3.05, 3.63) is 34.2 Å². The van der Waals surface area contributed by atoms with E-state index in [0.29, 0.717) is 0 Å².